The van der Waals surface area contributed by atoms with E-state index in [2.05, 4.69) is 6.07 Å². The van der Waals surface area contributed by atoms with Gasteiger partial charge in [0.1, 0.15) is 28.0 Å². The van der Waals surface area contributed by atoms with E-state index < -0.39 is 11.9 Å². The molecule has 1 aliphatic rings. The molecule has 0 saturated carbocycles. The molecule has 0 saturated heterocycles. The molecule has 1 aliphatic heterocycles. The lowest BCUT2D eigenvalue weighted by atomic mass is 9.83. The van der Waals surface area contributed by atoms with E-state index in [9.17, 15) is 10.1 Å². The van der Waals surface area contributed by atoms with Crippen LogP contribution in [0.25, 0.3) is 10.1 Å². The van der Waals surface area contributed by atoms with Crippen molar-refractivity contribution >= 4 is 39.0 Å². The average Bonchev–Trinajstić information content (AvgIpc) is 3.26. The molecular weight excluding hydrogens is 540 g/mol. The van der Waals surface area contributed by atoms with E-state index in [-0.39, 0.29) is 17.2 Å². The molecule has 0 amide bonds. The van der Waals surface area contributed by atoms with Crippen molar-refractivity contribution in [2.75, 3.05) is 21.3 Å². The number of aryl methyl sites for hydroxylation is 1. The van der Waals surface area contributed by atoms with E-state index in [1.165, 1.54) is 32.7 Å². The number of rotatable bonds is 6. The normalized spacial score (nSPS) is 14.3. The predicted molar refractivity (Wildman–Crippen MR) is 148 cm³/mol. The number of methoxy groups -OCH3 is 3. The second kappa shape index (κ2) is 10.4. The van der Waals surface area contributed by atoms with Gasteiger partial charge >= 0.3 is 5.97 Å². The molecule has 5 rings (SSSR count). The van der Waals surface area contributed by atoms with Gasteiger partial charge in [0.15, 0.2) is 11.5 Å². The molecule has 8 nitrogen and oxygen atoms in total. The molecule has 198 valence electrons. The Balaban J connectivity index is 1.53. The summed E-state index contributed by atoms with van der Waals surface area (Å²) < 4.78 is 28.8. The highest BCUT2D eigenvalue weighted by Gasteiger charge is 2.33. The Labute approximate surface area is 233 Å². The van der Waals surface area contributed by atoms with Crippen LogP contribution in [-0.4, -0.2) is 27.3 Å². The Hall–Kier alpha value is -4.39. The molecule has 3 aromatic carbocycles. The number of hydrogen-bond donors (Lipinski definition) is 1. The van der Waals surface area contributed by atoms with Gasteiger partial charge in [-0.05, 0) is 42.3 Å². The van der Waals surface area contributed by atoms with Crippen molar-refractivity contribution in [2.45, 2.75) is 12.8 Å². The van der Waals surface area contributed by atoms with Crippen LogP contribution in [0.5, 0.6) is 28.7 Å². The second-order valence-electron chi connectivity index (χ2n) is 8.72. The number of halogens is 1. The molecule has 2 N–H and O–H groups in total. The van der Waals surface area contributed by atoms with Crippen molar-refractivity contribution in [3.8, 4) is 34.8 Å². The van der Waals surface area contributed by atoms with E-state index >= 15 is 0 Å². The van der Waals surface area contributed by atoms with Crippen LogP contribution < -0.4 is 29.4 Å². The Morgan fingerprint density at radius 1 is 1.05 bits per heavy atom. The molecule has 10 heteroatoms. The van der Waals surface area contributed by atoms with Gasteiger partial charge in [-0.2, -0.15) is 5.26 Å². The van der Waals surface area contributed by atoms with Crippen LogP contribution in [0.2, 0.25) is 5.02 Å². The van der Waals surface area contributed by atoms with Crippen LogP contribution in [0.4, 0.5) is 0 Å². The highest BCUT2D eigenvalue weighted by molar-refractivity contribution is 7.21. The Bertz CT molecular complexity index is 1680. The standard InChI is InChI=1S/C29H23ClN2O6S/c1-14-5-7-18-23(9-14)39-27(25(18)30)29(33)37-16-6-8-17-20(12-16)38-28(32)19(13-31)24(17)15-10-21(34-2)26(36-4)22(11-15)35-3/h5-12,24H,32H2,1-4H3. The van der Waals surface area contributed by atoms with E-state index in [1.54, 1.807) is 30.3 Å². The van der Waals surface area contributed by atoms with Crippen molar-refractivity contribution in [3.05, 3.63) is 86.6 Å². The van der Waals surface area contributed by atoms with E-state index in [0.29, 0.717) is 44.0 Å². The van der Waals surface area contributed by atoms with Crippen molar-refractivity contribution < 1.29 is 28.5 Å². The number of nitrogens with two attached hydrogens (primary N) is 1. The summed E-state index contributed by atoms with van der Waals surface area (Å²) in [5, 5.41) is 11.1. The summed E-state index contributed by atoms with van der Waals surface area (Å²) in [5.74, 6) is 0.607. The van der Waals surface area contributed by atoms with Crippen LogP contribution in [0.1, 0.15) is 32.3 Å². The zero-order valence-electron chi connectivity index (χ0n) is 21.5. The number of carbonyl (C=O) groups is 1. The lowest BCUT2D eigenvalue weighted by Crippen LogP contribution is -2.21. The minimum Gasteiger partial charge on any atom is -0.493 e. The summed E-state index contributed by atoms with van der Waals surface area (Å²) in [6, 6.07) is 16.4. The third-order valence-corrected chi connectivity index (χ3v) is 8.03. The number of thiophene rings is 1. The largest absolute Gasteiger partial charge is 0.493 e. The van der Waals surface area contributed by atoms with E-state index in [0.717, 1.165) is 15.6 Å². The fourth-order valence-corrected chi connectivity index (χ4v) is 6.05. The third kappa shape index (κ3) is 4.58. The molecule has 1 atom stereocenters. The first-order chi connectivity index (χ1) is 18.8. The van der Waals surface area contributed by atoms with Crippen molar-refractivity contribution in [1.29, 1.82) is 5.26 Å². The maximum Gasteiger partial charge on any atom is 0.355 e. The molecule has 0 radical (unpaired) electrons. The zero-order valence-corrected chi connectivity index (χ0v) is 23.0. The van der Waals surface area contributed by atoms with E-state index in [1.807, 2.05) is 25.1 Å². The van der Waals surface area contributed by atoms with Gasteiger partial charge in [0.25, 0.3) is 0 Å². The van der Waals surface area contributed by atoms with Crippen molar-refractivity contribution in [1.82, 2.24) is 0 Å². The fraction of sp³-hybridized carbons (Fsp3) is 0.172. The fourth-order valence-electron chi connectivity index (χ4n) is 4.57. The highest BCUT2D eigenvalue weighted by atomic mass is 35.5. The molecule has 0 bridgehead atoms. The number of hydrogen-bond acceptors (Lipinski definition) is 9. The van der Waals surface area contributed by atoms with Crippen molar-refractivity contribution in [3.63, 3.8) is 0 Å². The molecule has 4 aromatic rings. The number of carbonyl (C=O) groups excluding carboxylic acids is 1. The van der Waals surface area contributed by atoms with Gasteiger partial charge in [0, 0.05) is 21.7 Å². The molecule has 0 fully saturated rings. The third-order valence-electron chi connectivity index (χ3n) is 6.39. The first-order valence-electron chi connectivity index (χ1n) is 11.7. The number of fused-ring (bicyclic) bond motifs is 2. The summed E-state index contributed by atoms with van der Waals surface area (Å²) in [6.45, 7) is 1.97. The number of nitrogens with zero attached hydrogens (tertiary/aromatic N) is 1. The molecule has 0 spiro atoms. The minimum atomic E-state index is -0.600. The van der Waals surface area contributed by atoms with Gasteiger partial charge in [0.2, 0.25) is 11.6 Å². The predicted octanol–water partition coefficient (Wildman–Crippen LogP) is 6.33. The summed E-state index contributed by atoms with van der Waals surface area (Å²) >= 11 is 7.77. The molecule has 0 aliphatic carbocycles. The van der Waals surface area contributed by atoms with Crippen LogP contribution in [0, 0.1) is 18.3 Å². The van der Waals surface area contributed by atoms with Crippen LogP contribution in [-0.2, 0) is 0 Å². The molecular formula is C29H23ClN2O6S. The Kier molecular flexibility index (Phi) is 7.00. The lowest BCUT2D eigenvalue weighted by molar-refractivity contribution is 0.0740. The minimum absolute atomic E-state index is 0.0600. The smallest absolute Gasteiger partial charge is 0.355 e. The molecule has 2 heterocycles. The van der Waals surface area contributed by atoms with Gasteiger partial charge < -0.3 is 29.4 Å². The van der Waals surface area contributed by atoms with Gasteiger partial charge in [-0.25, -0.2) is 4.79 Å². The summed E-state index contributed by atoms with van der Waals surface area (Å²) in [4.78, 5) is 13.4. The zero-order chi connectivity index (χ0) is 27.8. The van der Waals surface area contributed by atoms with Gasteiger partial charge in [-0.3, -0.25) is 0 Å². The van der Waals surface area contributed by atoms with E-state index in [4.69, 9.17) is 41.0 Å². The Morgan fingerprint density at radius 2 is 1.77 bits per heavy atom. The average molecular weight is 563 g/mol. The summed E-state index contributed by atoms with van der Waals surface area (Å²) in [5.41, 5.74) is 8.77. The second-order valence-corrected chi connectivity index (χ2v) is 10.1. The number of ether oxygens (including phenoxy) is 5. The quantitative estimate of drug-likeness (QED) is 0.214. The van der Waals surface area contributed by atoms with Gasteiger partial charge in [-0.15, -0.1) is 11.3 Å². The van der Waals surface area contributed by atoms with Crippen LogP contribution >= 0.6 is 22.9 Å². The first kappa shape index (κ1) is 26.2. The summed E-state index contributed by atoms with van der Waals surface area (Å²) in [6.07, 6.45) is 0. The SMILES string of the molecule is COc1cc(C2C(C#N)=C(N)Oc3cc(OC(=O)c4sc5cc(C)ccc5c4Cl)ccc32)cc(OC)c1OC. The maximum absolute atomic E-state index is 13.1. The maximum atomic E-state index is 13.1. The number of allylic oxidation sites excluding steroid dienone is 1. The summed E-state index contributed by atoms with van der Waals surface area (Å²) in [7, 11) is 4.54. The van der Waals surface area contributed by atoms with Crippen LogP contribution in [0.15, 0.2) is 60.0 Å². The van der Waals surface area contributed by atoms with Gasteiger partial charge in [0.05, 0.1) is 32.3 Å². The molecule has 39 heavy (non-hydrogen) atoms. The number of esters is 1. The van der Waals surface area contributed by atoms with Gasteiger partial charge in [-0.1, -0.05) is 29.8 Å². The topological polar surface area (TPSA) is 113 Å². The highest BCUT2D eigenvalue weighted by Crippen LogP contribution is 2.48. The van der Waals surface area contributed by atoms with Crippen LogP contribution in [0.3, 0.4) is 0 Å². The lowest BCUT2D eigenvalue weighted by Gasteiger charge is -2.27. The molecule has 1 aromatic heterocycles. The Morgan fingerprint density at radius 3 is 2.41 bits per heavy atom. The first-order valence-corrected chi connectivity index (χ1v) is 12.9. The van der Waals surface area contributed by atoms with Crippen molar-refractivity contribution in [2.24, 2.45) is 5.73 Å². The number of nitriles is 1. The number of benzene rings is 3. The monoisotopic (exact) mass is 562 g/mol. The molecule has 1 unspecified atom stereocenters.